The maximum Gasteiger partial charge on any atom is 0.123 e. The zero-order valence-corrected chi connectivity index (χ0v) is 15.5. The third kappa shape index (κ3) is 3.94. The van der Waals surface area contributed by atoms with Crippen LogP contribution in [0.2, 0.25) is 0 Å². The normalized spacial score (nSPS) is 20.5. The van der Waals surface area contributed by atoms with Gasteiger partial charge >= 0.3 is 0 Å². The zero-order chi connectivity index (χ0) is 19.3. The summed E-state index contributed by atoms with van der Waals surface area (Å²) < 4.78 is 15.9. The molecule has 0 aliphatic heterocycles. The molecule has 1 aromatic heterocycles. The lowest BCUT2D eigenvalue weighted by atomic mass is 9.88. The molecule has 2 nitrogen and oxygen atoms in total. The van der Waals surface area contributed by atoms with Crippen LogP contribution in [0.5, 0.6) is 0 Å². The highest BCUT2D eigenvalue weighted by Crippen LogP contribution is 2.34. The number of rotatable bonds is 6. The van der Waals surface area contributed by atoms with E-state index in [1.807, 2.05) is 37.0 Å². The van der Waals surface area contributed by atoms with Crippen molar-refractivity contribution in [2.45, 2.75) is 6.42 Å². The number of hydrogen-bond donors (Lipinski definition) is 1. The zero-order valence-electron chi connectivity index (χ0n) is 15.5. The Bertz CT molecular complexity index is 885. The molecule has 0 bridgehead atoms. The van der Waals surface area contributed by atoms with Crippen molar-refractivity contribution in [3.8, 4) is 0 Å². The summed E-state index contributed by atoms with van der Waals surface area (Å²) in [6.07, 6.45) is 12.9. The van der Waals surface area contributed by atoms with Crippen LogP contribution in [-0.4, -0.2) is 11.6 Å². The first kappa shape index (κ1) is 19.3. The number of allylic oxidation sites excluding steroid dienone is 10. The molecule has 0 fully saturated rings. The van der Waals surface area contributed by atoms with Gasteiger partial charge in [0.25, 0.3) is 0 Å². The summed E-state index contributed by atoms with van der Waals surface area (Å²) in [6.45, 7) is 16.0. The predicted molar refractivity (Wildman–Crippen MR) is 111 cm³/mol. The molecule has 1 aliphatic rings. The molecule has 0 radical (unpaired) electrons. The quantitative estimate of drug-likeness (QED) is 0.659. The molecular weight excluding hydrogens is 323 g/mol. The van der Waals surface area contributed by atoms with Crippen molar-refractivity contribution in [3.63, 3.8) is 0 Å². The first-order valence-corrected chi connectivity index (χ1v) is 8.39. The van der Waals surface area contributed by atoms with E-state index in [9.17, 15) is 4.39 Å². The van der Waals surface area contributed by atoms with Gasteiger partial charge in [-0.2, -0.15) is 0 Å². The number of likely N-dealkylation sites (N-methyl/N-ethyl adjacent to an activating group) is 1. The van der Waals surface area contributed by atoms with E-state index in [1.165, 1.54) is 12.2 Å². The van der Waals surface area contributed by atoms with E-state index in [2.05, 4.69) is 31.6 Å². The molecule has 0 amide bonds. The Morgan fingerprint density at radius 2 is 2.08 bits per heavy atom. The highest BCUT2D eigenvalue weighted by molar-refractivity contribution is 5.87. The number of aromatic nitrogens is 1. The van der Waals surface area contributed by atoms with E-state index < -0.39 is 0 Å². The van der Waals surface area contributed by atoms with E-state index in [-0.39, 0.29) is 5.83 Å². The first-order chi connectivity index (χ1) is 12.4. The second-order valence-corrected chi connectivity index (χ2v) is 6.00. The maximum absolute atomic E-state index is 13.9. The molecule has 0 unspecified atom stereocenters. The van der Waals surface area contributed by atoms with Gasteiger partial charge in [-0.05, 0) is 47.4 Å². The summed E-state index contributed by atoms with van der Waals surface area (Å²) in [6, 6.07) is 2.04. The minimum absolute atomic E-state index is 0.313. The third-order valence-electron chi connectivity index (χ3n) is 4.30. The number of aryl methyl sites for hydroxylation is 1. The fourth-order valence-corrected chi connectivity index (χ4v) is 2.96. The molecule has 1 N–H and O–H groups in total. The van der Waals surface area contributed by atoms with Gasteiger partial charge in [0.2, 0.25) is 0 Å². The summed E-state index contributed by atoms with van der Waals surface area (Å²) in [5.41, 5.74) is 5.92. The van der Waals surface area contributed by atoms with Crippen LogP contribution >= 0.6 is 0 Å². The molecule has 134 valence electrons. The molecule has 0 saturated heterocycles. The average Bonchev–Trinajstić information content (AvgIpc) is 2.98. The molecule has 0 saturated carbocycles. The molecule has 1 aromatic rings. The van der Waals surface area contributed by atoms with Crippen LogP contribution < -0.4 is 5.32 Å². The summed E-state index contributed by atoms with van der Waals surface area (Å²) in [5.74, 6) is -0.313. The van der Waals surface area contributed by atoms with Crippen molar-refractivity contribution in [2.24, 2.45) is 7.05 Å². The molecular formula is C23H25FN2. The van der Waals surface area contributed by atoms with Gasteiger partial charge in [-0.1, -0.05) is 44.5 Å². The monoisotopic (exact) mass is 348 g/mol. The lowest BCUT2D eigenvalue weighted by Gasteiger charge is -2.18. The van der Waals surface area contributed by atoms with E-state index in [1.54, 1.807) is 18.2 Å². The van der Waals surface area contributed by atoms with E-state index in [4.69, 9.17) is 0 Å². The van der Waals surface area contributed by atoms with Crippen molar-refractivity contribution in [3.05, 3.63) is 108 Å². The Balaban J connectivity index is 2.74. The second kappa shape index (κ2) is 8.34. The topological polar surface area (TPSA) is 17.0 Å². The Kier molecular flexibility index (Phi) is 6.18. The van der Waals surface area contributed by atoms with Crippen LogP contribution in [0.3, 0.4) is 0 Å². The van der Waals surface area contributed by atoms with Gasteiger partial charge < -0.3 is 9.88 Å². The number of nitrogens with zero attached hydrogens (tertiary/aromatic N) is 1. The number of hydrogen-bond acceptors (Lipinski definition) is 1. The fourth-order valence-electron chi connectivity index (χ4n) is 2.96. The van der Waals surface area contributed by atoms with Crippen molar-refractivity contribution in [1.29, 1.82) is 0 Å². The van der Waals surface area contributed by atoms with E-state index in [0.29, 0.717) is 12.0 Å². The summed E-state index contributed by atoms with van der Waals surface area (Å²) in [5, 5.41) is 3.12. The predicted octanol–water partition coefficient (Wildman–Crippen LogP) is 5.64. The molecule has 0 aromatic carbocycles. The molecule has 1 heterocycles. The van der Waals surface area contributed by atoms with Crippen LogP contribution in [0.15, 0.2) is 97.2 Å². The third-order valence-corrected chi connectivity index (χ3v) is 4.30. The van der Waals surface area contributed by atoms with Crippen LogP contribution in [-0.2, 0) is 7.05 Å². The van der Waals surface area contributed by atoms with Gasteiger partial charge in [-0.25, -0.2) is 4.39 Å². The lowest BCUT2D eigenvalue weighted by Crippen LogP contribution is -2.09. The van der Waals surface area contributed by atoms with Crippen molar-refractivity contribution in [2.75, 3.05) is 7.05 Å². The van der Waals surface area contributed by atoms with Crippen LogP contribution in [0.4, 0.5) is 4.39 Å². The van der Waals surface area contributed by atoms with Crippen molar-refractivity contribution in [1.82, 2.24) is 9.88 Å². The Hall–Kier alpha value is -3.07. The second-order valence-electron chi connectivity index (χ2n) is 6.00. The fraction of sp³-hybridized carbons (Fsp3) is 0.130. The van der Waals surface area contributed by atoms with Gasteiger partial charge in [0.1, 0.15) is 5.83 Å². The highest BCUT2D eigenvalue weighted by Gasteiger charge is 2.17. The average molecular weight is 348 g/mol. The Morgan fingerprint density at radius 3 is 2.65 bits per heavy atom. The lowest BCUT2D eigenvalue weighted by molar-refractivity contribution is 0.665. The van der Waals surface area contributed by atoms with Crippen molar-refractivity contribution < 1.29 is 4.39 Å². The van der Waals surface area contributed by atoms with Crippen LogP contribution in [0, 0.1) is 0 Å². The molecule has 26 heavy (non-hydrogen) atoms. The molecule has 0 spiro atoms. The number of halogens is 1. The smallest absolute Gasteiger partial charge is 0.123 e. The summed E-state index contributed by atoms with van der Waals surface area (Å²) in [7, 11) is 3.79. The van der Waals surface area contributed by atoms with Gasteiger partial charge in [-0.15, -0.1) is 0 Å². The minimum atomic E-state index is -0.313. The minimum Gasteiger partial charge on any atom is -0.388 e. The van der Waals surface area contributed by atoms with Crippen LogP contribution in [0.25, 0.3) is 11.6 Å². The largest absolute Gasteiger partial charge is 0.388 e. The molecule has 2 rings (SSSR count). The number of nitrogens with one attached hydrogen (secondary N) is 1. The standard InChI is InChI=1S/C23H25FN2/c1-7-20-14-18(15-26(20)6)23(17(4)25-5)21(8-2)22-12-10-9-11-19(24)13-16(22)3/h7-9,11-15,25H,1-4,10H2,5-6H3/b11-9-,19-13+,22-12+,23-21-. The SMILES string of the molecule is C=CC(/C1=C/C/C=C\C(F)=C/C1=C)=C(\C(=C)NC)c1cc(C=C)n(C)c1. The first-order valence-electron chi connectivity index (χ1n) is 8.39. The summed E-state index contributed by atoms with van der Waals surface area (Å²) in [4.78, 5) is 0. The summed E-state index contributed by atoms with van der Waals surface area (Å²) >= 11 is 0. The molecule has 1 aliphatic carbocycles. The highest BCUT2D eigenvalue weighted by atomic mass is 19.1. The molecule has 3 heteroatoms. The van der Waals surface area contributed by atoms with Crippen LogP contribution in [0.1, 0.15) is 17.7 Å². The van der Waals surface area contributed by atoms with Gasteiger partial charge in [0.15, 0.2) is 0 Å². The molecule has 0 atom stereocenters. The van der Waals surface area contributed by atoms with Gasteiger partial charge in [0.05, 0.1) is 0 Å². The Morgan fingerprint density at radius 1 is 1.35 bits per heavy atom. The van der Waals surface area contributed by atoms with E-state index in [0.717, 1.165) is 33.7 Å². The van der Waals surface area contributed by atoms with Gasteiger partial charge in [0, 0.05) is 42.8 Å². The van der Waals surface area contributed by atoms with E-state index >= 15 is 0 Å². The maximum atomic E-state index is 13.9. The van der Waals surface area contributed by atoms with Gasteiger partial charge in [-0.3, -0.25) is 0 Å². The van der Waals surface area contributed by atoms with Crippen molar-refractivity contribution >= 4 is 11.6 Å². The Labute approximate surface area is 155 Å².